The molecule has 0 aliphatic heterocycles. The van der Waals surface area contributed by atoms with E-state index in [0.717, 1.165) is 0 Å². The predicted molar refractivity (Wildman–Crippen MR) is 77.9 cm³/mol. The highest BCUT2D eigenvalue weighted by molar-refractivity contribution is 5.78. The Morgan fingerprint density at radius 1 is 1.14 bits per heavy atom. The summed E-state index contributed by atoms with van der Waals surface area (Å²) in [5, 5.41) is 12.8. The zero-order chi connectivity index (χ0) is 14.8. The van der Waals surface area contributed by atoms with Crippen LogP contribution in [0.3, 0.4) is 0 Å². The monoisotopic (exact) mass is 285 g/mol. The number of phenolic OH excluding ortho intramolecular Hbond substituents is 1. The molecule has 0 amide bonds. The molecule has 0 saturated heterocycles. The van der Waals surface area contributed by atoms with Crippen LogP contribution in [0, 0.1) is 5.82 Å². The molecule has 3 aromatic rings. The van der Waals surface area contributed by atoms with Crippen LogP contribution in [0.25, 0.3) is 11.0 Å². The van der Waals surface area contributed by atoms with Crippen LogP contribution in [-0.4, -0.2) is 5.11 Å². The Bertz CT molecular complexity index is 840. The number of nitrogens with one attached hydrogen (secondary N) is 1. The second-order valence-electron chi connectivity index (χ2n) is 4.63. The van der Waals surface area contributed by atoms with Crippen molar-refractivity contribution in [3.63, 3.8) is 0 Å². The van der Waals surface area contributed by atoms with E-state index >= 15 is 0 Å². The summed E-state index contributed by atoms with van der Waals surface area (Å²) in [5.74, 6) is -0.270. The van der Waals surface area contributed by atoms with Crippen molar-refractivity contribution in [2.75, 3.05) is 5.32 Å². The van der Waals surface area contributed by atoms with Gasteiger partial charge in [0, 0.05) is 18.3 Å². The third-order valence-electron chi connectivity index (χ3n) is 3.16. The number of hydrogen-bond acceptors (Lipinski definition) is 4. The summed E-state index contributed by atoms with van der Waals surface area (Å²) in [7, 11) is 0. The lowest BCUT2D eigenvalue weighted by Crippen LogP contribution is -2.12. The van der Waals surface area contributed by atoms with Crippen LogP contribution in [0.5, 0.6) is 5.75 Å². The minimum Gasteiger partial charge on any atom is -0.508 e. The smallest absolute Gasteiger partial charge is 0.197 e. The van der Waals surface area contributed by atoms with E-state index in [2.05, 4.69) is 5.32 Å². The maximum absolute atomic E-state index is 12.8. The Morgan fingerprint density at radius 2 is 1.90 bits per heavy atom. The largest absolute Gasteiger partial charge is 0.508 e. The topological polar surface area (TPSA) is 62.5 Å². The molecule has 1 aromatic heterocycles. The minimum absolute atomic E-state index is 0.0443. The van der Waals surface area contributed by atoms with Gasteiger partial charge >= 0.3 is 0 Å². The van der Waals surface area contributed by atoms with Gasteiger partial charge in [-0.25, -0.2) is 4.39 Å². The highest BCUT2D eigenvalue weighted by Crippen LogP contribution is 2.18. The van der Waals surface area contributed by atoms with Crippen LogP contribution in [0.15, 0.2) is 57.9 Å². The number of phenols is 1. The van der Waals surface area contributed by atoms with Gasteiger partial charge in [-0.05, 0) is 36.4 Å². The molecule has 5 heteroatoms. The number of benzene rings is 2. The highest BCUT2D eigenvalue weighted by Gasteiger charge is 2.07. The van der Waals surface area contributed by atoms with Crippen molar-refractivity contribution in [2.45, 2.75) is 6.54 Å². The van der Waals surface area contributed by atoms with Crippen molar-refractivity contribution in [3.8, 4) is 5.75 Å². The molecule has 0 aliphatic rings. The quantitative estimate of drug-likeness (QED) is 0.775. The number of aromatic hydroxyl groups is 1. The van der Waals surface area contributed by atoms with Crippen LogP contribution in [0.2, 0.25) is 0 Å². The number of anilines is 1. The molecule has 0 fully saturated rings. The van der Waals surface area contributed by atoms with Gasteiger partial charge in [-0.1, -0.05) is 0 Å². The maximum Gasteiger partial charge on any atom is 0.197 e. The van der Waals surface area contributed by atoms with E-state index in [1.807, 2.05) is 0 Å². The van der Waals surface area contributed by atoms with Gasteiger partial charge in [-0.3, -0.25) is 4.79 Å². The Balaban J connectivity index is 1.87. The second-order valence-corrected chi connectivity index (χ2v) is 4.63. The Kier molecular flexibility index (Phi) is 3.31. The van der Waals surface area contributed by atoms with Crippen LogP contribution >= 0.6 is 0 Å². The average molecular weight is 285 g/mol. The van der Waals surface area contributed by atoms with Gasteiger partial charge in [0.2, 0.25) is 0 Å². The molecule has 4 nitrogen and oxygen atoms in total. The van der Waals surface area contributed by atoms with Gasteiger partial charge in [0.1, 0.15) is 17.1 Å². The molecule has 0 saturated carbocycles. The molecule has 0 unspecified atom stereocenters. The standard InChI is InChI=1S/C16H12FNO3/c17-11-1-3-12(4-2-11)18-8-10-9-21-15-7-13(19)5-6-14(15)16(10)20/h1-7,9,18-19H,8H2. The van der Waals surface area contributed by atoms with Gasteiger partial charge in [-0.15, -0.1) is 0 Å². The molecule has 0 atom stereocenters. The fourth-order valence-corrected chi connectivity index (χ4v) is 2.04. The highest BCUT2D eigenvalue weighted by atomic mass is 19.1. The van der Waals surface area contributed by atoms with Crippen molar-refractivity contribution in [3.05, 3.63) is 70.3 Å². The van der Waals surface area contributed by atoms with Gasteiger partial charge in [0.15, 0.2) is 5.43 Å². The van der Waals surface area contributed by atoms with Crippen molar-refractivity contribution in [1.82, 2.24) is 0 Å². The molecule has 2 N–H and O–H groups in total. The van der Waals surface area contributed by atoms with Crippen molar-refractivity contribution < 1.29 is 13.9 Å². The molecule has 106 valence electrons. The molecule has 1 heterocycles. The van der Waals surface area contributed by atoms with Crippen LogP contribution in [0.4, 0.5) is 10.1 Å². The molecule has 2 aromatic carbocycles. The maximum atomic E-state index is 12.8. The fourth-order valence-electron chi connectivity index (χ4n) is 2.04. The molecular weight excluding hydrogens is 273 g/mol. The molecular formula is C16H12FNO3. The van der Waals surface area contributed by atoms with E-state index in [-0.39, 0.29) is 23.5 Å². The molecule has 3 rings (SSSR count). The Morgan fingerprint density at radius 3 is 2.67 bits per heavy atom. The van der Waals surface area contributed by atoms with Gasteiger partial charge in [-0.2, -0.15) is 0 Å². The summed E-state index contributed by atoms with van der Waals surface area (Å²) in [6.45, 7) is 0.269. The molecule has 0 bridgehead atoms. The van der Waals surface area contributed by atoms with E-state index in [1.165, 1.54) is 36.6 Å². The summed E-state index contributed by atoms with van der Waals surface area (Å²) < 4.78 is 18.2. The van der Waals surface area contributed by atoms with Gasteiger partial charge in [0.25, 0.3) is 0 Å². The van der Waals surface area contributed by atoms with E-state index in [0.29, 0.717) is 22.2 Å². The fraction of sp³-hybridized carbons (Fsp3) is 0.0625. The van der Waals surface area contributed by atoms with E-state index < -0.39 is 0 Å². The molecule has 0 radical (unpaired) electrons. The summed E-state index contributed by atoms with van der Waals surface area (Å²) >= 11 is 0. The lowest BCUT2D eigenvalue weighted by molar-refractivity contribution is 0.474. The lowest BCUT2D eigenvalue weighted by Gasteiger charge is -2.06. The zero-order valence-corrected chi connectivity index (χ0v) is 11.0. The van der Waals surface area contributed by atoms with Crippen LogP contribution < -0.4 is 10.7 Å². The first-order valence-electron chi connectivity index (χ1n) is 6.36. The molecule has 0 spiro atoms. The third-order valence-corrected chi connectivity index (χ3v) is 3.16. The summed E-state index contributed by atoms with van der Waals surface area (Å²) in [6, 6.07) is 10.2. The van der Waals surface area contributed by atoms with Gasteiger partial charge in [0.05, 0.1) is 17.2 Å². The number of fused-ring (bicyclic) bond motifs is 1. The summed E-state index contributed by atoms with van der Waals surface area (Å²) in [4.78, 5) is 12.3. The number of halogens is 1. The Labute approximate surface area is 119 Å². The minimum atomic E-state index is -0.314. The lowest BCUT2D eigenvalue weighted by atomic mass is 10.1. The first-order valence-corrected chi connectivity index (χ1v) is 6.36. The average Bonchev–Trinajstić information content (AvgIpc) is 2.48. The van der Waals surface area contributed by atoms with E-state index in [1.54, 1.807) is 12.1 Å². The number of hydrogen-bond donors (Lipinski definition) is 2. The van der Waals surface area contributed by atoms with E-state index in [9.17, 15) is 14.3 Å². The van der Waals surface area contributed by atoms with Crippen molar-refractivity contribution >= 4 is 16.7 Å². The van der Waals surface area contributed by atoms with Crippen molar-refractivity contribution in [1.29, 1.82) is 0 Å². The van der Waals surface area contributed by atoms with Crippen molar-refractivity contribution in [2.24, 2.45) is 0 Å². The normalized spacial score (nSPS) is 10.7. The SMILES string of the molecule is O=c1c(CNc2ccc(F)cc2)coc2cc(O)ccc12. The zero-order valence-electron chi connectivity index (χ0n) is 11.0. The second kappa shape index (κ2) is 5.28. The summed E-state index contributed by atoms with van der Waals surface area (Å²) in [6.07, 6.45) is 1.36. The van der Waals surface area contributed by atoms with Gasteiger partial charge < -0.3 is 14.8 Å². The summed E-state index contributed by atoms with van der Waals surface area (Å²) in [5.41, 5.74) is 1.34. The number of rotatable bonds is 3. The first-order chi connectivity index (χ1) is 10.1. The van der Waals surface area contributed by atoms with E-state index in [4.69, 9.17) is 4.42 Å². The van der Waals surface area contributed by atoms with Crippen LogP contribution in [-0.2, 0) is 6.54 Å². The third kappa shape index (κ3) is 2.72. The van der Waals surface area contributed by atoms with Crippen LogP contribution in [0.1, 0.15) is 5.56 Å². The molecule has 0 aliphatic carbocycles. The molecule has 21 heavy (non-hydrogen) atoms. The predicted octanol–water partition coefficient (Wildman–Crippen LogP) is 3.25. The first kappa shape index (κ1) is 13.2. The Hall–Kier alpha value is -2.82.